The average Bonchev–Trinajstić information content (AvgIpc) is 2.60. The third-order valence-corrected chi connectivity index (χ3v) is 4.48. The maximum atomic E-state index is 10.7. The van der Waals surface area contributed by atoms with Crippen LogP contribution in [0.5, 0.6) is 5.75 Å². The normalized spacial score (nSPS) is 27.8. The smallest absolute Gasteiger partial charge is 0.118 e. The molecule has 2 atom stereocenters. The Morgan fingerprint density at radius 3 is 2.63 bits per heavy atom. The molecule has 2 unspecified atom stereocenters. The molecule has 1 aliphatic carbocycles. The van der Waals surface area contributed by atoms with Crippen molar-refractivity contribution in [2.24, 2.45) is 5.92 Å². The number of aliphatic hydroxyl groups is 1. The lowest BCUT2D eigenvalue weighted by Gasteiger charge is -2.26. The molecule has 2 heteroatoms. The zero-order valence-corrected chi connectivity index (χ0v) is 12.2. The van der Waals surface area contributed by atoms with E-state index in [4.69, 9.17) is 4.74 Å². The second kappa shape index (κ2) is 6.42. The predicted octanol–water partition coefficient (Wildman–Crippen LogP) is 3.96. The molecule has 0 saturated heterocycles. The Kier molecular flexibility index (Phi) is 4.87. The van der Waals surface area contributed by atoms with Gasteiger partial charge in [-0.25, -0.2) is 0 Å². The lowest BCUT2D eigenvalue weighted by atomic mass is 9.87. The molecule has 1 N–H and O–H groups in total. The fourth-order valence-electron chi connectivity index (χ4n) is 2.98. The molecule has 0 bridgehead atoms. The van der Waals surface area contributed by atoms with Gasteiger partial charge < -0.3 is 9.84 Å². The van der Waals surface area contributed by atoms with E-state index < -0.39 is 5.60 Å². The number of hydrogen-bond donors (Lipinski definition) is 1. The summed E-state index contributed by atoms with van der Waals surface area (Å²) < 4.78 is 5.16. The molecule has 106 valence electrons. The highest BCUT2D eigenvalue weighted by Gasteiger charge is 2.29. The molecule has 1 aliphatic rings. The van der Waals surface area contributed by atoms with Crippen LogP contribution in [0, 0.1) is 5.92 Å². The molecule has 0 heterocycles. The topological polar surface area (TPSA) is 29.5 Å². The van der Waals surface area contributed by atoms with Crippen molar-refractivity contribution in [3.8, 4) is 5.75 Å². The van der Waals surface area contributed by atoms with E-state index in [1.54, 1.807) is 7.11 Å². The minimum Gasteiger partial charge on any atom is -0.497 e. The maximum absolute atomic E-state index is 10.7. The zero-order chi connectivity index (χ0) is 13.7. The Morgan fingerprint density at radius 2 is 1.95 bits per heavy atom. The molecular weight excluding hydrogens is 236 g/mol. The molecule has 2 rings (SSSR count). The lowest BCUT2D eigenvalue weighted by Crippen LogP contribution is -2.28. The average molecular weight is 262 g/mol. The molecule has 0 amide bonds. The van der Waals surface area contributed by atoms with E-state index in [-0.39, 0.29) is 0 Å². The van der Waals surface area contributed by atoms with Crippen LogP contribution in [0.1, 0.15) is 51.0 Å². The summed E-state index contributed by atoms with van der Waals surface area (Å²) in [6, 6.07) is 8.19. The van der Waals surface area contributed by atoms with Crippen LogP contribution in [0.4, 0.5) is 0 Å². The molecule has 0 radical (unpaired) electrons. The first-order chi connectivity index (χ1) is 9.11. The molecule has 2 nitrogen and oxygen atoms in total. The fourth-order valence-corrected chi connectivity index (χ4v) is 2.98. The number of ether oxygens (including phenoxy) is 1. The SMILES string of the molecule is COc1ccc(CCC2(O)CCCC(C)CC2)cc1. The van der Waals surface area contributed by atoms with Crippen LogP contribution in [-0.4, -0.2) is 17.8 Å². The molecule has 0 aromatic heterocycles. The highest BCUT2D eigenvalue weighted by Crippen LogP contribution is 2.33. The lowest BCUT2D eigenvalue weighted by molar-refractivity contribution is 0.0159. The predicted molar refractivity (Wildman–Crippen MR) is 78.5 cm³/mol. The van der Waals surface area contributed by atoms with E-state index in [9.17, 15) is 5.11 Å². The summed E-state index contributed by atoms with van der Waals surface area (Å²) in [7, 11) is 1.68. The summed E-state index contributed by atoms with van der Waals surface area (Å²) in [4.78, 5) is 0. The quantitative estimate of drug-likeness (QED) is 0.832. The monoisotopic (exact) mass is 262 g/mol. The van der Waals surface area contributed by atoms with Gasteiger partial charge in [0.25, 0.3) is 0 Å². The van der Waals surface area contributed by atoms with E-state index in [0.717, 1.165) is 37.4 Å². The first kappa shape index (κ1) is 14.4. The second-order valence-corrected chi connectivity index (χ2v) is 6.11. The van der Waals surface area contributed by atoms with Crippen molar-refractivity contribution in [3.63, 3.8) is 0 Å². The Hall–Kier alpha value is -1.02. The standard InChI is InChI=1S/C17H26O2/c1-14-4-3-11-17(18,12-9-14)13-10-15-5-7-16(19-2)8-6-15/h5-8,14,18H,3-4,9-13H2,1-2H3. The number of rotatable bonds is 4. The van der Waals surface area contributed by atoms with Crippen LogP contribution >= 0.6 is 0 Å². The Labute approximate surface area is 116 Å². The van der Waals surface area contributed by atoms with E-state index in [1.165, 1.54) is 24.8 Å². The molecule has 1 fully saturated rings. The zero-order valence-electron chi connectivity index (χ0n) is 12.2. The highest BCUT2D eigenvalue weighted by molar-refractivity contribution is 5.27. The summed E-state index contributed by atoms with van der Waals surface area (Å²) >= 11 is 0. The second-order valence-electron chi connectivity index (χ2n) is 6.11. The molecule has 0 spiro atoms. The largest absolute Gasteiger partial charge is 0.497 e. The molecule has 1 aromatic rings. The van der Waals surface area contributed by atoms with Crippen molar-refractivity contribution in [2.45, 2.75) is 57.5 Å². The van der Waals surface area contributed by atoms with Gasteiger partial charge in [-0.1, -0.05) is 31.9 Å². The number of aryl methyl sites for hydroxylation is 1. The number of hydrogen-bond acceptors (Lipinski definition) is 2. The highest BCUT2D eigenvalue weighted by atomic mass is 16.5. The van der Waals surface area contributed by atoms with Gasteiger partial charge in [-0.15, -0.1) is 0 Å². The minimum atomic E-state index is -0.440. The Balaban J connectivity index is 1.89. The summed E-state index contributed by atoms with van der Waals surface area (Å²) in [6.07, 6.45) is 7.36. The van der Waals surface area contributed by atoms with Crippen LogP contribution in [-0.2, 0) is 6.42 Å². The van der Waals surface area contributed by atoms with E-state index in [0.29, 0.717) is 0 Å². The van der Waals surface area contributed by atoms with E-state index in [1.807, 2.05) is 12.1 Å². The van der Waals surface area contributed by atoms with Gasteiger partial charge in [0.2, 0.25) is 0 Å². The van der Waals surface area contributed by atoms with Crippen molar-refractivity contribution < 1.29 is 9.84 Å². The van der Waals surface area contributed by atoms with Crippen molar-refractivity contribution in [1.29, 1.82) is 0 Å². The molecule has 0 aliphatic heterocycles. The van der Waals surface area contributed by atoms with E-state index in [2.05, 4.69) is 19.1 Å². The van der Waals surface area contributed by atoms with Crippen LogP contribution < -0.4 is 4.74 Å². The Bertz CT molecular complexity index is 385. The molecule has 1 saturated carbocycles. The van der Waals surface area contributed by atoms with Crippen molar-refractivity contribution in [3.05, 3.63) is 29.8 Å². The van der Waals surface area contributed by atoms with Crippen molar-refractivity contribution in [1.82, 2.24) is 0 Å². The van der Waals surface area contributed by atoms with Gasteiger partial charge in [0.1, 0.15) is 5.75 Å². The fraction of sp³-hybridized carbons (Fsp3) is 0.647. The number of methoxy groups -OCH3 is 1. The third kappa shape index (κ3) is 4.24. The molecule has 1 aromatic carbocycles. The summed E-state index contributed by atoms with van der Waals surface area (Å²) in [5.74, 6) is 1.67. The van der Waals surface area contributed by atoms with Gasteiger partial charge >= 0.3 is 0 Å². The van der Waals surface area contributed by atoms with Crippen LogP contribution in [0.3, 0.4) is 0 Å². The first-order valence-corrected chi connectivity index (χ1v) is 7.47. The van der Waals surface area contributed by atoms with E-state index >= 15 is 0 Å². The van der Waals surface area contributed by atoms with Gasteiger partial charge in [0.05, 0.1) is 12.7 Å². The van der Waals surface area contributed by atoms with Gasteiger partial charge in [-0.2, -0.15) is 0 Å². The van der Waals surface area contributed by atoms with Gasteiger partial charge in [-0.05, 0) is 55.7 Å². The first-order valence-electron chi connectivity index (χ1n) is 7.47. The van der Waals surface area contributed by atoms with Gasteiger partial charge in [-0.3, -0.25) is 0 Å². The maximum Gasteiger partial charge on any atom is 0.118 e. The van der Waals surface area contributed by atoms with Crippen molar-refractivity contribution >= 4 is 0 Å². The summed E-state index contributed by atoms with van der Waals surface area (Å²) in [5.41, 5.74) is 0.844. The summed E-state index contributed by atoms with van der Waals surface area (Å²) in [5, 5.41) is 10.7. The van der Waals surface area contributed by atoms with Gasteiger partial charge in [0, 0.05) is 0 Å². The summed E-state index contributed by atoms with van der Waals surface area (Å²) in [6.45, 7) is 2.30. The molecule has 19 heavy (non-hydrogen) atoms. The molecular formula is C17H26O2. The van der Waals surface area contributed by atoms with Crippen LogP contribution in [0.2, 0.25) is 0 Å². The minimum absolute atomic E-state index is 0.440. The van der Waals surface area contributed by atoms with Crippen LogP contribution in [0.15, 0.2) is 24.3 Å². The van der Waals surface area contributed by atoms with Crippen molar-refractivity contribution in [2.75, 3.05) is 7.11 Å². The Morgan fingerprint density at radius 1 is 1.21 bits per heavy atom. The third-order valence-electron chi connectivity index (χ3n) is 4.48. The van der Waals surface area contributed by atoms with Crippen LogP contribution in [0.25, 0.3) is 0 Å². The number of benzene rings is 1. The van der Waals surface area contributed by atoms with Gasteiger partial charge in [0.15, 0.2) is 0 Å².